The predicted octanol–water partition coefficient (Wildman–Crippen LogP) is 8.53. The number of rotatable bonds is 23. The molecule has 2 aliphatic heterocycles. The van der Waals surface area contributed by atoms with Gasteiger partial charge in [0, 0.05) is 0 Å². The number of unbranched alkanes of at least 4 members (excludes halogenated alkanes) is 15. The summed E-state index contributed by atoms with van der Waals surface area (Å²) in [6.07, 6.45) is 22.0. The Labute approximate surface area is 305 Å². The molecule has 3 heterocycles. The van der Waals surface area contributed by atoms with Crippen molar-refractivity contribution >= 4 is 14.4 Å². The highest BCUT2D eigenvalue weighted by molar-refractivity contribution is 7.40. The van der Waals surface area contributed by atoms with Crippen molar-refractivity contribution in [3.63, 3.8) is 0 Å². The maximum Gasteiger partial charge on any atom is 0.329 e. The van der Waals surface area contributed by atoms with Crippen molar-refractivity contribution in [2.45, 2.75) is 141 Å². The molecule has 3 unspecified atom stereocenters. The fourth-order valence-electron chi connectivity index (χ4n) is 6.33. The molecular formula is C38H58FN6O5P. The molecule has 4 rings (SSSR count). The number of fused-ring (bicyclic) bond motifs is 1. The van der Waals surface area contributed by atoms with E-state index in [4.69, 9.17) is 29.9 Å². The van der Waals surface area contributed by atoms with Crippen LogP contribution >= 0.6 is 8.60 Å². The van der Waals surface area contributed by atoms with Gasteiger partial charge in [0.15, 0.2) is 5.60 Å². The van der Waals surface area contributed by atoms with E-state index in [0.29, 0.717) is 37.5 Å². The number of aliphatic hydroxyl groups is 1. The highest BCUT2D eigenvalue weighted by atomic mass is 31.2. The number of ether oxygens (including phenoxy) is 1. The van der Waals surface area contributed by atoms with E-state index in [9.17, 15) is 14.5 Å². The normalized spacial score (nSPS) is 18.5. The van der Waals surface area contributed by atoms with Gasteiger partial charge in [0.05, 0.1) is 37.1 Å². The maximum absolute atomic E-state index is 12.5. The van der Waals surface area contributed by atoms with Crippen LogP contribution in [0, 0.1) is 28.5 Å². The van der Waals surface area contributed by atoms with Crippen LogP contribution in [-0.2, 0) is 20.4 Å². The van der Waals surface area contributed by atoms with E-state index >= 15 is 0 Å². The second-order valence-electron chi connectivity index (χ2n) is 13.4. The van der Waals surface area contributed by atoms with Gasteiger partial charge in [-0.1, -0.05) is 103 Å². The van der Waals surface area contributed by atoms with Crippen LogP contribution in [0.4, 0.5) is 4.39 Å². The number of aliphatic imine (C=N–C) groups is 1. The fraction of sp³-hybridized carbons (Fsp3) is 0.658. The molecule has 1 fully saturated rings. The average Bonchev–Trinajstić information content (AvgIpc) is 3.78. The number of hydrogen-bond donors (Lipinski definition) is 4. The van der Waals surface area contributed by atoms with Gasteiger partial charge in [-0.25, -0.2) is 9.38 Å². The van der Waals surface area contributed by atoms with E-state index < -0.39 is 20.0 Å². The lowest BCUT2D eigenvalue weighted by molar-refractivity contribution is -0.0361. The highest BCUT2D eigenvalue weighted by Crippen LogP contribution is 2.43. The number of amidine groups is 1. The third-order valence-electron chi connectivity index (χ3n) is 9.24. The molecule has 282 valence electrons. The van der Waals surface area contributed by atoms with E-state index in [2.05, 4.69) is 23.4 Å². The molecule has 0 saturated carbocycles. The molecule has 0 bridgehead atoms. The lowest BCUT2D eigenvalue weighted by Crippen LogP contribution is -2.34. The minimum Gasteiger partial charge on any atom is -0.392 e. The maximum atomic E-state index is 12.5. The summed E-state index contributed by atoms with van der Waals surface area (Å²) >= 11 is 0. The first kappa shape index (κ1) is 42.3. The Kier molecular flexibility index (Phi) is 20.1. The van der Waals surface area contributed by atoms with Crippen LogP contribution in [-0.4, -0.2) is 46.0 Å². The first-order valence-electron chi connectivity index (χ1n) is 18.7. The summed E-state index contributed by atoms with van der Waals surface area (Å²) in [7, 11) is -2.03. The van der Waals surface area contributed by atoms with Crippen LogP contribution in [0.3, 0.4) is 0 Å². The zero-order chi connectivity index (χ0) is 36.7. The van der Waals surface area contributed by atoms with Gasteiger partial charge < -0.3 is 34.9 Å². The molecule has 0 spiro atoms. The van der Waals surface area contributed by atoms with Gasteiger partial charge in [0.2, 0.25) is 0 Å². The largest absolute Gasteiger partial charge is 0.392 e. The summed E-state index contributed by atoms with van der Waals surface area (Å²) in [5.41, 5.74) is 10.4. The molecule has 11 nitrogen and oxygen atoms in total. The van der Waals surface area contributed by atoms with Crippen LogP contribution in [0.1, 0.15) is 151 Å². The molecule has 0 amide bonds. The topological polar surface area (TPSA) is 171 Å². The second kappa shape index (κ2) is 24.2. The Morgan fingerprint density at radius 2 is 1.61 bits per heavy atom. The van der Waals surface area contributed by atoms with Gasteiger partial charge >= 0.3 is 8.60 Å². The SMILES string of the molecule is CCCCCCCCCCCCCCCCCCOP(O)OCC1(C#N)CCC(c2ccc3n2NCN=C3N)O1.N#Cc1cc(F)cc(CO)c1. The monoisotopic (exact) mass is 728 g/mol. The minimum absolute atomic E-state index is 0.0221. The van der Waals surface area contributed by atoms with Gasteiger partial charge in [-0.15, -0.1) is 0 Å². The zero-order valence-electron chi connectivity index (χ0n) is 30.3. The quantitative estimate of drug-likeness (QED) is 0.0647. The molecule has 1 aromatic carbocycles. The van der Waals surface area contributed by atoms with E-state index in [1.807, 2.05) is 16.8 Å². The smallest absolute Gasteiger partial charge is 0.329 e. The van der Waals surface area contributed by atoms with Gasteiger partial charge in [0.1, 0.15) is 36.2 Å². The minimum atomic E-state index is -2.03. The number of nitrogens with one attached hydrogen (secondary N) is 1. The third-order valence-corrected chi connectivity index (χ3v) is 9.99. The van der Waals surface area contributed by atoms with Crippen LogP contribution in [0.2, 0.25) is 0 Å². The summed E-state index contributed by atoms with van der Waals surface area (Å²) < 4.78 is 31.6. The molecule has 13 heteroatoms. The van der Waals surface area contributed by atoms with Crippen LogP contribution < -0.4 is 11.2 Å². The van der Waals surface area contributed by atoms with Gasteiger partial charge in [-0.05, 0) is 55.2 Å². The number of nitrogens with zero attached hydrogens (tertiary/aromatic N) is 4. The molecule has 1 aromatic heterocycles. The summed E-state index contributed by atoms with van der Waals surface area (Å²) in [5, 5.41) is 26.8. The fourth-order valence-corrected chi connectivity index (χ4v) is 7.01. The molecular weight excluding hydrogens is 670 g/mol. The van der Waals surface area contributed by atoms with Crippen molar-refractivity contribution in [1.82, 2.24) is 4.68 Å². The number of aromatic nitrogens is 1. The van der Waals surface area contributed by atoms with Crippen molar-refractivity contribution in [3.05, 3.63) is 58.7 Å². The Bertz CT molecular complexity index is 1410. The van der Waals surface area contributed by atoms with Crippen molar-refractivity contribution in [1.29, 1.82) is 10.5 Å². The molecule has 2 aromatic rings. The van der Waals surface area contributed by atoms with Gasteiger partial charge in [0.25, 0.3) is 0 Å². The molecule has 51 heavy (non-hydrogen) atoms. The Hall–Kier alpha value is -3.09. The number of aliphatic hydroxyl groups excluding tert-OH is 1. The first-order valence-corrected chi connectivity index (χ1v) is 19.9. The first-order chi connectivity index (χ1) is 24.8. The average molecular weight is 729 g/mol. The van der Waals surface area contributed by atoms with Gasteiger partial charge in [-0.3, -0.25) is 4.68 Å². The summed E-state index contributed by atoms with van der Waals surface area (Å²) in [6.45, 7) is 2.87. The van der Waals surface area contributed by atoms with Gasteiger partial charge in [-0.2, -0.15) is 10.5 Å². The predicted molar refractivity (Wildman–Crippen MR) is 198 cm³/mol. The van der Waals surface area contributed by atoms with Crippen molar-refractivity contribution in [2.24, 2.45) is 10.7 Å². The standard InChI is InChI=1S/C30H52N5O4P.C8H6FNO/c1-2-3-4-5-6-7-8-9-10-11-12-13-14-15-16-17-22-37-40(36)38-24-30(23-31)21-20-28(39-30)26-18-19-27-29(32)33-25-34-35(26)27;9-8-2-6(4-10)1-7(3-8)5-11/h18-19,28,34,36H,2-17,20-22,24-25H2,1H3,(H2,32,33);1-3,11H,5H2. The van der Waals surface area contributed by atoms with Crippen LogP contribution in [0.15, 0.2) is 35.3 Å². The third kappa shape index (κ3) is 15.2. The lowest BCUT2D eigenvalue weighted by Gasteiger charge is -2.24. The number of hydrogen-bond acceptors (Lipinski definition) is 10. The Morgan fingerprint density at radius 3 is 2.20 bits per heavy atom. The van der Waals surface area contributed by atoms with Crippen LogP contribution in [0.25, 0.3) is 0 Å². The number of benzene rings is 1. The van der Waals surface area contributed by atoms with E-state index in [-0.39, 0.29) is 24.9 Å². The lowest BCUT2D eigenvalue weighted by atomic mass is 10.0. The number of nitriles is 2. The van der Waals surface area contributed by atoms with E-state index in [1.54, 1.807) is 6.07 Å². The summed E-state index contributed by atoms with van der Waals surface area (Å²) in [4.78, 5) is 14.4. The molecule has 1 saturated heterocycles. The van der Waals surface area contributed by atoms with Crippen molar-refractivity contribution in [2.75, 3.05) is 25.3 Å². The Balaban J connectivity index is 0.000000542. The number of nitrogens with two attached hydrogens (primary N) is 1. The second-order valence-corrected chi connectivity index (χ2v) is 14.3. The highest BCUT2D eigenvalue weighted by Gasteiger charge is 2.43. The van der Waals surface area contributed by atoms with E-state index in [1.165, 1.54) is 102 Å². The molecule has 0 radical (unpaired) electrons. The molecule has 5 N–H and O–H groups in total. The zero-order valence-corrected chi connectivity index (χ0v) is 31.2. The Morgan fingerprint density at radius 1 is 0.980 bits per heavy atom. The van der Waals surface area contributed by atoms with Crippen molar-refractivity contribution < 1.29 is 28.2 Å². The summed E-state index contributed by atoms with van der Waals surface area (Å²) in [5.74, 6) is -0.0154. The van der Waals surface area contributed by atoms with E-state index in [0.717, 1.165) is 30.3 Å². The van der Waals surface area contributed by atoms with Crippen molar-refractivity contribution in [3.8, 4) is 12.1 Å². The van der Waals surface area contributed by atoms with Crippen LogP contribution in [0.5, 0.6) is 0 Å². The molecule has 2 aliphatic rings. The summed E-state index contributed by atoms with van der Waals surface area (Å²) in [6, 6.07) is 11.7. The molecule has 0 aliphatic carbocycles. The number of halogens is 1. The molecule has 3 atom stereocenters.